The Bertz CT molecular complexity index is 138. The molecule has 0 aromatic heterocycles. The lowest BCUT2D eigenvalue weighted by atomic mass is 10.1. The minimum atomic E-state index is -0.447. The summed E-state index contributed by atoms with van der Waals surface area (Å²) in [6, 6.07) is 0. The molecule has 0 aromatic rings. The highest BCUT2D eigenvalue weighted by atomic mass is 16.7. The van der Waals surface area contributed by atoms with Crippen LogP contribution in [0.5, 0.6) is 0 Å². The van der Waals surface area contributed by atoms with E-state index in [4.69, 9.17) is 15.4 Å². The van der Waals surface area contributed by atoms with E-state index in [2.05, 4.69) is 4.84 Å². The van der Waals surface area contributed by atoms with Gasteiger partial charge in [-0.25, -0.2) is 5.90 Å². The maximum atomic E-state index is 5.62. The minimum Gasteiger partial charge on any atom is -0.350 e. The summed E-state index contributed by atoms with van der Waals surface area (Å²) in [7, 11) is 0. The number of hydrogen-bond donors (Lipinski definition) is 1. The van der Waals surface area contributed by atoms with Gasteiger partial charge in [-0.3, -0.25) is 0 Å². The molecule has 4 nitrogen and oxygen atoms in total. The summed E-state index contributed by atoms with van der Waals surface area (Å²) in [5.74, 6) is 4.48. The molecule has 72 valence electrons. The molecule has 12 heavy (non-hydrogen) atoms. The maximum absolute atomic E-state index is 5.62. The van der Waals surface area contributed by atoms with E-state index in [0.717, 1.165) is 19.4 Å². The molecule has 0 unspecified atom stereocenters. The van der Waals surface area contributed by atoms with Gasteiger partial charge in [-0.05, 0) is 26.7 Å². The fourth-order valence-corrected chi connectivity index (χ4v) is 1.33. The zero-order chi connectivity index (χ0) is 9.03. The second-order valence-electron chi connectivity index (χ2n) is 3.44. The monoisotopic (exact) mass is 175 g/mol. The molecule has 0 aliphatic carbocycles. The molecule has 1 heterocycles. The van der Waals surface area contributed by atoms with Crippen molar-refractivity contribution in [2.45, 2.75) is 38.6 Å². The quantitative estimate of drug-likeness (QED) is 0.645. The van der Waals surface area contributed by atoms with Crippen LogP contribution in [0.4, 0.5) is 0 Å². The number of hydrogen-bond acceptors (Lipinski definition) is 4. The number of ether oxygens (including phenoxy) is 2. The van der Waals surface area contributed by atoms with Crippen molar-refractivity contribution in [2.75, 3.05) is 13.2 Å². The van der Waals surface area contributed by atoms with E-state index in [1.54, 1.807) is 0 Å². The highest BCUT2D eigenvalue weighted by molar-refractivity contribution is 4.68. The Morgan fingerprint density at radius 1 is 1.58 bits per heavy atom. The van der Waals surface area contributed by atoms with E-state index in [9.17, 15) is 0 Å². The Balaban J connectivity index is 2.26. The lowest BCUT2D eigenvalue weighted by Crippen LogP contribution is -2.40. The molecule has 2 N–H and O–H groups in total. The van der Waals surface area contributed by atoms with Crippen molar-refractivity contribution in [1.29, 1.82) is 0 Å². The molecular formula is C8H17NO3. The van der Waals surface area contributed by atoms with Crippen LogP contribution in [0.15, 0.2) is 0 Å². The molecule has 0 aromatic carbocycles. The van der Waals surface area contributed by atoms with Crippen molar-refractivity contribution in [3.8, 4) is 0 Å². The summed E-state index contributed by atoms with van der Waals surface area (Å²) in [5, 5.41) is 0. The van der Waals surface area contributed by atoms with Gasteiger partial charge in [0.05, 0.1) is 19.3 Å². The van der Waals surface area contributed by atoms with Gasteiger partial charge in [0.15, 0.2) is 5.79 Å². The van der Waals surface area contributed by atoms with Crippen molar-refractivity contribution in [3.63, 3.8) is 0 Å². The molecule has 0 amide bonds. The summed E-state index contributed by atoms with van der Waals surface area (Å²) >= 11 is 0. The Morgan fingerprint density at radius 3 is 2.92 bits per heavy atom. The van der Waals surface area contributed by atoms with Gasteiger partial charge in [0.25, 0.3) is 0 Å². The predicted octanol–water partition coefficient (Wildman–Crippen LogP) is 0.808. The summed E-state index contributed by atoms with van der Waals surface area (Å²) in [6.07, 6.45) is 1.98. The normalized spacial score (nSPS) is 28.8. The van der Waals surface area contributed by atoms with Crippen LogP contribution in [0.25, 0.3) is 0 Å². The van der Waals surface area contributed by atoms with Gasteiger partial charge < -0.3 is 14.3 Å². The van der Waals surface area contributed by atoms with E-state index in [1.807, 2.05) is 13.8 Å². The van der Waals surface area contributed by atoms with Crippen LogP contribution in [0.2, 0.25) is 0 Å². The van der Waals surface area contributed by atoms with Crippen LogP contribution in [0.3, 0.4) is 0 Å². The fraction of sp³-hybridized carbons (Fsp3) is 1.00. The molecule has 1 saturated heterocycles. The first kappa shape index (κ1) is 9.92. The van der Waals surface area contributed by atoms with Crippen molar-refractivity contribution in [2.24, 2.45) is 5.90 Å². The van der Waals surface area contributed by atoms with Gasteiger partial charge in [-0.1, -0.05) is 0 Å². The predicted molar refractivity (Wildman–Crippen MR) is 44.3 cm³/mol. The third kappa shape index (κ3) is 3.06. The molecule has 1 aliphatic rings. The molecule has 1 aliphatic heterocycles. The molecule has 0 radical (unpaired) electrons. The van der Waals surface area contributed by atoms with Crippen molar-refractivity contribution < 1.29 is 14.3 Å². The van der Waals surface area contributed by atoms with Crippen molar-refractivity contribution in [3.05, 3.63) is 0 Å². The Hall–Kier alpha value is -0.160. The zero-order valence-electron chi connectivity index (χ0n) is 7.71. The highest BCUT2D eigenvalue weighted by Gasteiger charge is 2.28. The first-order chi connectivity index (χ1) is 5.64. The molecular weight excluding hydrogens is 158 g/mol. The van der Waals surface area contributed by atoms with Crippen LogP contribution >= 0.6 is 0 Å². The lowest BCUT2D eigenvalue weighted by molar-refractivity contribution is -0.275. The largest absolute Gasteiger partial charge is 0.350 e. The van der Waals surface area contributed by atoms with E-state index >= 15 is 0 Å². The summed E-state index contributed by atoms with van der Waals surface area (Å²) < 4.78 is 11.0. The second kappa shape index (κ2) is 4.18. The van der Waals surface area contributed by atoms with E-state index in [0.29, 0.717) is 6.61 Å². The Kier molecular flexibility index (Phi) is 3.46. The molecule has 1 rings (SSSR count). The smallest absolute Gasteiger partial charge is 0.163 e. The Morgan fingerprint density at radius 2 is 2.33 bits per heavy atom. The molecule has 0 saturated carbocycles. The molecule has 1 atom stereocenters. The van der Waals surface area contributed by atoms with Crippen LogP contribution < -0.4 is 5.90 Å². The summed E-state index contributed by atoms with van der Waals surface area (Å²) in [6.45, 7) is 5.13. The third-order valence-corrected chi connectivity index (χ3v) is 1.90. The second-order valence-corrected chi connectivity index (χ2v) is 3.44. The van der Waals surface area contributed by atoms with E-state index < -0.39 is 5.79 Å². The summed E-state index contributed by atoms with van der Waals surface area (Å²) in [4.78, 5) is 4.49. The van der Waals surface area contributed by atoms with Crippen molar-refractivity contribution >= 4 is 0 Å². The minimum absolute atomic E-state index is 0.220. The first-order valence-corrected chi connectivity index (χ1v) is 4.27. The Labute approximate surface area is 72.9 Å². The molecule has 4 heteroatoms. The molecule has 0 bridgehead atoms. The average molecular weight is 175 g/mol. The van der Waals surface area contributed by atoms with E-state index in [1.165, 1.54) is 0 Å². The summed E-state index contributed by atoms with van der Waals surface area (Å²) in [5.41, 5.74) is 0. The van der Waals surface area contributed by atoms with Crippen molar-refractivity contribution in [1.82, 2.24) is 0 Å². The van der Waals surface area contributed by atoms with Crippen LogP contribution in [0, 0.1) is 0 Å². The van der Waals surface area contributed by atoms with Gasteiger partial charge in [0.2, 0.25) is 0 Å². The van der Waals surface area contributed by atoms with E-state index in [-0.39, 0.29) is 6.10 Å². The van der Waals surface area contributed by atoms with Gasteiger partial charge in [0, 0.05) is 0 Å². The standard InChI is InChI=1S/C8H17NO3/c1-8(2)10-5-3-7(12-8)4-6-11-9/h7H,3-6,9H2,1-2H3/t7-/m1/s1. The molecule has 1 fully saturated rings. The van der Waals surface area contributed by atoms with Gasteiger partial charge in [-0.2, -0.15) is 0 Å². The van der Waals surface area contributed by atoms with Gasteiger partial charge in [-0.15, -0.1) is 0 Å². The number of nitrogens with two attached hydrogens (primary N) is 1. The zero-order valence-corrected chi connectivity index (χ0v) is 7.71. The lowest BCUT2D eigenvalue weighted by Gasteiger charge is -2.35. The molecule has 0 spiro atoms. The van der Waals surface area contributed by atoms with Gasteiger partial charge >= 0.3 is 0 Å². The van der Waals surface area contributed by atoms with Crippen LogP contribution in [-0.4, -0.2) is 25.1 Å². The SMILES string of the molecule is CC1(C)OCC[C@H](CCON)O1. The van der Waals surface area contributed by atoms with Crippen LogP contribution in [-0.2, 0) is 14.3 Å². The maximum Gasteiger partial charge on any atom is 0.163 e. The topological polar surface area (TPSA) is 53.7 Å². The number of rotatable bonds is 3. The van der Waals surface area contributed by atoms with Crippen LogP contribution in [0.1, 0.15) is 26.7 Å². The van der Waals surface area contributed by atoms with Gasteiger partial charge in [0.1, 0.15) is 0 Å². The average Bonchev–Trinajstić information content (AvgIpc) is 1.99. The third-order valence-electron chi connectivity index (χ3n) is 1.90. The first-order valence-electron chi connectivity index (χ1n) is 4.27. The highest BCUT2D eigenvalue weighted by Crippen LogP contribution is 2.23. The fourth-order valence-electron chi connectivity index (χ4n) is 1.33.